The van der Waals surface area contributed by atoms with Crippen LogP contribution in [0.5, 0.6) is 0 Å². The summed E-state index contributed by atoms with van der Waals surface area (Å²) in [5.74, 6) is 0.610. The fraction of sp³-hybridized carbons (Fsp3) is 0.667. The predicted octanol–water partition coefficient (Wildman–Crippen LogP) is 3.47. The average molecular weight is 210 g/mol. The molecule has 2 unspecified atom stereocenters. The van der Waals surface area contributed by atoms with E-state index in [1.54, 1.807) is 0 Å². The van der Waals surface area contributed by atoms with E-state index in [2.05, 4.69) is 18.4 Å². The summed E-state index contributed by atoms with van der Waals surface area (Å²) in [6.45, 7) is 2.19. The Kier molecular flexibility index (Phi) is 3.24. The van der Waals surface area contributed by atoms with Crippen molar-refractivity contribution in [1.29, 1.82) is 0 Å². The molecule has 1 N–H and O–H groups in total. The van der Waals surface area contributed by atoms with Crippen LogP contribution in [0.15, 0.2) is 11.4 Å². The minimum absolute atomic E-state index is 0.0678. The Morgan fingerprint density at radius 3 is 2.86 bits per heavy atom. The maximum atomic E-state index is 9.75. The van der Waals surface area contributed by atoms with E-state index in [0.717, 1.165) is 12.8 Å². The lowest BCUT2D eigenvalue weighted by molar-refractivity contribution is 0.152. The second kappa shape index (κ2) is 4.45. The van der Waals surface area contributed by atoms with Gasteiger partial charge < -0.3 is 5.11 Å². The van der Waals surface area contributed by atoms with Gasteiger partial charge in [0.2, 0.25) is 0 Å². The van der Waals surface area contributed by atoms with Crippen molar-refractivity contribution in [2.24, 2.45) is 0 Å². The third-order valence-electron chi connectivity index (χ3n) is 3.24. The summed E-state index contributed by atoms with van der Waals surface area (Å²) in [6.07, 6.45) is 5.63. The summed E-state index contributed by atoms with van der Waals surface area (Å²) in [5.41, 5.74) is 1.48. The minimum Gasteiger partial charge on any atom is -0.393 e. The molecule has 0 amide bonds. The van der Waals surface area contributed by atoms with Gasteiger partial charge in [-0.15, -0.1) is 11.3 Å². The highest BCUT2D eigenvalue weighted by Gasteiger charge is 2.21. The Bertz CT molecular complexity index is 292. The Morgan fingerprint density at radius 1 is 1.36 bits per heavy atom. The first-order valence-corrected chi connectivity index (χ1v) is 6.37. The van der Waals surface area contributed by atoms with Crippen molar-refractivity contribution in [3.05, 3.63) is 21.9 Å². The summed E-state index contributed by atoms with van der Waals surface area (Å²) >= 11 is 1.82. The fourth-order valence-electron chi connectivity index (χ4n) is 2.44. The van der Waals surface area contributed by atoms with Crippen LogP contribution in [0.2, 0.25) is 0 Å². The molecule has 1 aromatic rings. The number of aryl methyl sites for hydroxylation is 1. The number of aliphatic hydroxyl groups excluding tert-OH is 1. The van der Waals surface area contributed by atoms with Crippen molar-refractivity contribution >= 4 is 11.3 Å². The van der Waals surface area contributed by atoms with Crippen LogP contribution < -0.4 is 0 Å². The van der Waals surface area contributed by atoms with Crippen molar-refractivity contribution in [3.63, 3.8) is 0 Å². The lowest BCUT2D eigenvalue weighted by Crippen LogP contribution is -2.09. The molecular formula is C12H18OS. The van der Waals surface area contributed by atoms with Gasteiger partial charge in [-0.25, -0.2) is 0 Å². The molecule has 0 aliphatic heterocycles. The largest absolute Gasteiger partial charge is 0.393 e. The number of rotatable bonds is 1. The van der Waals surface area contributed by atoms with Crippen LogP contribution in [0.1, 0.15) is 48.5 Å². The molecule has 2 atom stereocenters. The van der Waals surface area contributed by atoms with Gasteiger partial charge in [0.15, 0.2) is 0 Å². The van der Waals surface area contributed by atoms with Crippen LogP contribution >= 0.6 is 11.3 Å². The van der Waals surface area contributed by atoms with Gasteiger partial charge in [-0.1, -0.05) is 12.8 Å². The highest BCUT2D eigenvalue weighted by molar-refractivity contribution is 7.10. The number of aliphatic hydroxyl groups is 1. The Labute approximate surface area is 89.8 Å². The molecule has 2 rings (SSSR count). The van der Waals surface area contributed by atoms with E-state index in [0.29, 0.717) is 5.92 Å². The van der Waals surface area contributed by atoms with Gasteiger partial charge in [-0.2, -0.15) is 0 Å². The Hall–Kier alpha value is -0.340. The molecule has 1 aromatic heterocycles. The summed E-state index contributed by atoms with van der Waals surface area (Å²) in [7, 11) is 0. The molecule has 1 fully saturated rings. The Balaban J connectivity index is 2.13. The van der Waals surface area contributed by atoms with Crippen molar-refractivity contribution in [1.82, 2.24) is 0 Å². The molecule has 0 aromatic carbocycles. The van der Waals surface area contributed by atoms with Gasteiger partial charge in [-0.3, -0.25) is 0 Å². The molecule has 1 nitrogen and oxygen atoms in total. The van der Waals surface area contributed by atoms with Gasteiger partial charge in [0.25, 0.3) is 0 Å². The van der Waals surface area contributed by atoms with E-state index >= 15 is 0 Å². The zero-order valence-corrected chi connectivity index (χ0v) is 9.52. The maximum absolute atomic E-state index is 9.75. The Morgan fingerprint density at radius 2 is 2.14 bits per heavy atom. The van der Waals surface area contributed by atoms with Crippen molar-refractivity contribution < 1.29 is 5.11 Å². The van der Waals surface area contributed by atoms with Gasteiger partial charge in [0, 0.05) is 4.88 Å². The number of hydrogen-bond donors (Lipinski definition) is 1. The van der Waals surface area contributed by atoms with E-state index in [9.17, 15) is 5.11 Å². The van der Waals surface area contributed by atoms with E-state index < -0.39 is 0 Å². The summed E-state index contributed by atoms with van der Waals surface area (Å²) < 4.78 is 0. The van der Waals surface area contributed by atoms with E-state index in [1.807, 2.05) is 11.3 Å². The van der Waals surface area contributed by atoms with Crippen LogP contribution in [-0.4, -0.2) is 11.2 Å². The van der Waals surface area contributed by atoms with Crippen molar-refractivity contribution in [2.45, 2.75) is 51.0 Å². The smallest absolute Gasteiger partial charge is 0.0546 e. The zero-order chi connectivity index (χ0) is 9.97. The van der Waals surface area contributed by atoms with Crippen LogP contribution in [0.4, 0.5) is 0 Å². The molecule has 1 aliphatic rings. The van der Waals surface area contributed by atoms with Gasteiger partial charge >= 0.3 is 0 Å². The van der Waals surface area contributed by atoms with E-state index in [-0.39, 0.29) is 6.10 Å². The lowest BCUT2D eigenvalue weighted by Gasteiger charge is -2.16. The number of thiophene rings is 1. The first-order chi connectivity index (χ1) is 6.77. The molecule has 1 aliphatic carbocycles. The summed E-state index contributed by atoms with van der Waals surface area (Å²) in [6, 6.07) is 2.24. The normalized spacial score (nSPS) is 28.7. The monoisotopic (exact) mass is 210 g/mol. The quantitative estimate of drug-likeness (QED) is 0.704. The average Bonchev–Trinajstić information content (AvgIpc) is 2.45. The first-order valence-electron chi connectivity index (χ1n) is 5.49. The lowest BCUT2D eigenvalue weighted by atomic mass is 9.92. The minimum atomic E-state index is -0.0678. The molecule has 0 bridgehead atoms. The SMILES string of the molecule is Cc1sccc1C1CCCCC(O)C1. The third kappa shape index (κ3) is 2.18. The standard InChI is InChI=1S/C12H18OS/c1-9-12(6-7-14-9)10-4-2-3-5-11(13)8-10/h6-7,10-11,13H,2-5,8H2,1H3. The summed E-state index contributed by atoms with van der Waals surface area (Å²) in [5, 5.41) is 11.9. The molecule has 14 heavy (non-hydrogen) atoms. The van der Waals surface area contributed by atoms with Gasteiger partial charge in [0.1, 0.15) is 0 Å². The molecule has 0 radical (unpaired) electrons. The van der Waals surface area contributed by atoms with Crippen LogP contribution in [0.25, 0.3) is 0 Å². The first kappa shape index (κ1) is 10.2. The topological polar surface area (TPSA) is 20.2 Å². The molecule has 1 heterocycles. The van der Waals surface area contributed by atoms with Gasteiger partial charge in [0.05, 0.1) is 6.10 Å². The molecule has 78 valence electrons. The fourth-order valence-corrected chi connectivity index (χ4v) is 3.23. The highest BCUT2D eigenvalue weighted by atomic mass is 32.1. The second-order valence-electron chi connectivity index (χ2n) is 4.30. The van der Waals surface area contributed by atoms with Crippen LogP contribution in [-0.2, 0) is 0 Å². The summed E-state index contributed by atoms with van der Waals surface area (Å²) in [4.78, 5) is 1.43. The molecule has 0 spiro atoms. The predicted molar refractivity (Wildman–Crippen MR) is 60.9 cm³/mol. The molecular weight excluding hydrogens is 192 g/mol. The van der Waals surface area contributed by atoms with Crippen LogP contribution in [0, 0.1) is 6.92 Å². The molecule has 2 heteroatoms. The molecule has 1 saturated carbocycles. The van der Waals surface area contributed by atoms with E-state index in [1.165, 1.54) is 29.7 Å². The third-order valence-corrected chi connectivity index (χ3v) is 4.10. The van der Waals surface area contributed by atoms with Crippen molar-refractivity contribution in [3.8, 4) is 0 Å². The van der Waals surface area contributed by atoms with E-state index in [4.69, 9.17) is 0 Å². The van der Waals surface area contributed by atoms with Gasteiger partial charge in [-0.05, 0) is 49.1 Å². The second-order valence-corrected chi connectivity index (χ2v) is 5.42. The zero-order valence-electron chi connectivity index (χ0n) is 8.70. The number of hydrogen-bond acceptors (Lipinski definition) is 2. The maximum Gasteiger partial charge on any atom is 0.0546 e. The van der Waals surface area contributed by atoms with Crippen LogP contribution in [0.3, 0.4) is 0 Å². The molecule has 0 saturated heterocycles. The van der Waals surface area contributed by atoms with Crippen molar-refractivity contribution in [2.75, 3.05) is 0 Å². The highest BCUT2D eigenvalue weighted by Crippen LogP contribution is 2.35.